The Labute approximate surface area is 209 Å². The Morgan fingerprint density at radius 1 is 0.972 bits per heavy atom. The minimum absolute atomic E-state index is 0.0402. The number of ketones is 1. The van der Waals surface area contributed by atoms with Gasteiger partial charge in [-0.25, -0.2) is 0 Å². The molecule has 36 heavy (non-hydrogen) atoms. The number of hydrogen-bond donors (Lipinski definition) is 1. The Bertz CT molecular complexity index is 1320. The number of amides is 1. The predicted octanol–water partition coefficient (Wildman–Crippen LogP) is 4.52. The Balaban J connectivity index is 1.58. The standard InChI is InChI=1S/C29H27NO6/c1-2-34-22-10-6-9-20(17-22)26-25(27(31)21-11-12-23-24(18-21)36-16-15-35-23)28(32)29(33)30(26)14-13-19-7-4-3-5-8-19/h3-12,17-18,26,31H,2,13-16H2,1H3/t26-/m0/s1. The quantitative estimate of drug-likeness (QED) is 0.301. The van der Waals surface area contributed by atoms with E-state index < -0.39 is 17.7 Å². The fourth-order valence-electron chi connectivity index (χ4n) is 4.64. The zero-order chi connectivity index (χ0) is 25.1. The second-order valence-corrected chi connectivity index (χ2v) is 8.59. The van der Waals surface area contributed by atoms with Crippen LogP contribution in [-0.4, -0.2) is 48.1 Å². The molecule has 1 atom stereocenters. The maximum absolute atomic E-state index is 13.3. The largest absolute Gasteiger partial charge is 0.507 e. The molecule has 2 heterocycles. The summed E-state index contributed by atoms with van der Waals surface area (Å²) in [6.07, 6.45) is 0.569. The van der Waals surface area contributed by atoms with E-state index in [9.17, 15) is 14.7 Å². The summed E-state index contributed by atoms with van der Waals surface area (Å²) < 4.78 is 16.9. The smallest absolute Gasteiger partial charge is 0.295 e. The molecular weight excluding hydrogens is 458 g/mol. The van der Waals surface area contributed by atoms with Gasteiger partial charge in [0.1, 0.15) is 24.7 Å². The van der Waals surface area contributed by atoms with Gasteiger partial charge in [-0.1, -0.05) is 42.5 Å². The summed E-state index contributed by atoms with van der Waals surface area (Å²) in [5.41, 5.74) is 2.16. The first-order valence-electron chi connectivity index (χ1n) is 12.0. The van der Waals surface area contributed by atoms with E-state index in [4.69, 9.17) is 14.2 Å². The monoisotopic (exact) mass is 485 g/mol. The molecule has 5 rings (SSSR count). The van der Waals surface area contributed by atoms with Crippen molar-refractivity contribution in [3.63, 3.8) is 0 Å². The van der Waals surface area contributed by atoms with Crippen molar-refractivity contribution in [2.75, 3.05) is 26.4 Å². The van der Waals surface area contributed by atoms with Crippen molar-refractivity contribution >= 4 is 17.4 Å². The van der Waals surface area contributed by atoms with Gasteiger partial charge in [-0.3, -0.25) is 9.59 Å². The molecule has 1 N–H and O–H groups in total. The van der Waals surface area contributed by atoms with Crippen molar-refractivity contribution in [3.8, 4) is 17.2 Å². The first-order valence-corrected chi connectivity index (χ1v) is 12.0. The molecule has 1 saturated heterocycles. The van der Waals surface area contributed by atoms with E-state index in [1.165, 1.54) is 4.90 Å². The molecule has 3 aromatic carbocycles. The van der Waals surface area contributed by atoms with Crippen LogP contribution in [0.4, 0.5) is 0 Å². The Kier molecular flexibility index (Phi) is 6.62. The van der Waals surface area contributed by atoms with Crippen LogP contribution in [0.2, 0.25) is 0 Å². The van der Waals surface area contributed by atoms with Crippen LogP contribution in [0, 0.1) is 0 Å². The lowest BCUT2D eigenvalue weighted by molar-refractivity contribution is -0.139. The molecule has 184 valence electrons. The second-order valence-electron chi connectivity index (χ2n) is 8.59. The van der Waals surface area contributed by atoms with Crippen molar-refractivity contribution in [1.29, 1.82) is 0 Å². The van der Waals surface area contributed by atoms with Gasteiger partial charge < -0.3 is 24.2 Å². The average molecular weight is 486 g/mol. The average Bonchev–Trinajstić information content (AvgIpc) is 3.17. The van der Waals surface area contributed by atoms with E-state index in [0.717, 1.165) is 5.56 Å². The fraction of sp³-hybridized carbons (Fsp3) is 0.241. The molecule has 1 fully saturated rings. The van der Waals surface area contributed by atoms with E-state index >= 15 is 0 Å². The number of rotatable bonds is 7. The van der Waals surface area contributed by atoms with Crippen molar-refractivity contribution in [3.05, 3.63) is 95.1 Å². The van der Waals surface area contributed by atoms with Gasteiger partial charge in [-0.05, 0) is 54.8 Å². The molecule has 7 nitrogen and oxygen atoms in total. The van der Waals surface area contributed by atoms with Gasteiger partial charge in [-0.15, -0.1) is 0 Å². The molecule has 2 aliphatic heterocycles. The van der Waals surface area contributed by atoms with E-state index in [0.29, 0.717) is 61.2 Å². The molecule has 3 aromatic rings. The number of carbonyl (C=O) groups is 2. The van der Waals surface area contributed by atoms with Gasteiger partial charge >= 0.3 is 0 Å². The number of likely N-dealkylation sites (tertiary alicyclic amines) is 1. The number of aliphatic hydroxyl groups is 1. The molecule has 1 amide bonds. The van der Waals surface area contributed by atoms with Crippen molar-refractivity contribution in [2.24, 2.45) is 0 Å². The number of hydrogen-bond acceptors (Lipinski definition) is 6. The molecule has 0 unspecified atom stereocenters. The highest BCUT2D eigenvalue weighted by Crippen LogP contribution is 2.41. The van der Waals surface area contributed by atoms with Crippen LogP contribution in [0.5, 0.6) is 17.2 Å². The van der Waals surface area contributed by atoms with E-state index in [1.807, 2.05) is 61.5 Å². The van der Waals surface area contributed by atoms with Gasteiger partial charge in [0.05, 0.1) is 18.2 Å². The molecule has 0 aliphatic carbocycles. The minimum atomic E-state index is -0.762. The molecule has 0 aromatic heterocycles. The zero-order valence-electron chi connectivity index (χ0n) is 20.0. The third-order valence-electron chi connectivity index (χ3n) is 6.32. The highest BCUT2D eigenvalue weighted by atomic mass is 16.6. The Hall–Kier alpha value is -4.26. The van der Waals surface area contributed by atoms with Gasteiger partial charge in [0.25, 0.3) is 11.7 Å². The van der Waals surface area contributed by atoms with Crippen molar-refractivity contribution in [1.82, 2.24) is 4.90 Å². The summed E-state index contributed by atoms with van der Waals surface area (Å²) in [7, 11) is 0. The SMILES string of the molecule is CCOc1cccc([C@H]2C(=C(O)c3ccc4c(c3)OCCO4)C(=O)C(=O)N2CCc2ccccc2)c1. The second kappa shape index (κ2) is 10.2. The number of ether oxygens (including phenoxy) is 3. The summed E-state index contributed by atoms with van der Waals surface area (Å²) in [5, 5.41) is 11.4. The molecule has 0 radical (unpaired) electrons. The minimum Gasteiger partial charge on any atom is -0.507 e. The number of benzene rings is 3. The van der Waals surface area contributed by atoms with Crippen LogP contribution < -0.4 is 14.2 Å². The third-order valence-corrected chi connectivity index (χ3v) is 6.32. The van der Waals surface area contributed by atoms with Crippen LogP contribution in [0.3, 0.4) is 0 Å². The van der Waals surface area contributed by atoms with Crippen LogP contribution in [0.1, 0.15) is 29.7 Å². The number of carbonyl (C=O) groups excluding carboxylic acids is 2. The van der Waals surface area contributed by atoms with Gasteiger partial charge in [0.2, 0.25) is 0 Å². The maximum Gasteiger partial charge on any atom is 0.295 e. The normalized spacial score (nSPS) is 18.4. The Morgan fingerprint density at radius 2 is 1.75 bits per heavy atom. The number of aliphatic hydroxyl groups excluding tert-OH is 1. The molecule has 0 saturated carbocycles. The molecule has 0 bridgehead atoms. The number of fused-ring (bicyclic) bond motifs is 1. The van der Waals surface area contributed by atoms with Crippen LogP contribution in [-0.2, 0) is 16.0 Å². The summed E-state index contributed by atoms with van der Waals surface area (Å²) >= 11 is 0. The summed E-state index contributed by atoms with van der Waals surface area (Å²) in [5.74, 6) is 0.0713. The van der Waals surface area contributed by atoms with Crippen LogP contribution in [0.15, 0.2) is 78.4 Å². The highest BCUT2D eigenvalue weighted by Gasteiger charge is 2.46. The third kappa shape index (κ3) is 4.52. The molecular formula is C29H27NO6. The topological polar surface area (TPSA) is 85.3 Å². The Morgan fingerprint density at radius 3 is 2.53 bits per heavy atom. The number of nitrogens with zero attached hydrogens (tertiary/aromatic N) is 1. The fourth-order valence-corrected chi connectivity index (χ4v) is 4.64. The van der Waals surface area contributed by atoms with Gasteiger partial charge in [-0.2, -0.15) is 0 Å². The predicted molar refractivity (Wildman–Crippen MR) is 134 cm³/mol. The first-order chi connectivity index (χ1) is 17.6. The lowest BCUT2D eigenvalue weighted by Gasteiger charge is -2.26. The number of Topliss-reactive ketones (excluding diaryl/α,β-unsaturated/α-hetero) is 1. The van der Waals surface area contributed by atoms with Crippen LogP contribution >= 0.6 is 0 Å². The highest BCUT2D eigenvalue weighted by molar-refractivity contribution is 6.46. The molecule has 7 heteroatoms. The van der Waals surface area contributed by atoms with E-state index in [-0.39, 0.29) is 11.3 Å². The lowest BCUT2D eigenvalue weighted by Crippen LogP contribution is -2.31. The summed E-state index contributed by atoms with van der Waals surface area (Å²) in [4.78, 5) is 28.1. The summed E-state index contributed by atoms with van der Waals surface area (Å²) in [6.45, 7) is 3.53. The lowest BCUT2D eigenvalue weighted by atomic mass is 9.95. The van der Waals surface area contributed by atoms with E-state index in [1.54, 1.807) is 18.2 Å². The van der Waals surface area contributed by atoms with Gasteiger partial charge in [0, 0.05) is 12.1 Å². The maximum atomic E-state index is 13.3. The van der Waals surface area contributed by atoms with Crippen molar-refractivity contribution in [2.45, 2.75) is 19.4 Å². The summed E-state index contributed by atoms with van der Waals surface area (Å²) in [6, 6.07) is 21.3. The first kappa shape index (κ1) is 23.5. The zero-order valence-corrected chi connectivity index (χ0v) is 20.0. The van der Waals surface area contributed by atoms with Gasteiger partial charge in [0.15, 0.2) is 11.5 Å². The molecule has 0 spiro atoms. The van der Waals surface area contributed by atoms with Crippen molar-refractivity contribution < 1.29 is 28.9 Å². The molecule has 2 aliphatic rings. The van der Waals surface area contributed by atoms with Crippen LogP contribution in [0.25, 0.3) is 5.76 Å². The van der Waals surface area contributed by atoms with E-state index in [2.05, 4.69) is 0 Å².